The molecule has 0 bridgehead atoms. The van der Waals surface area contributed by atoms with E-state index in [1.54, 1.807) is 41.7 Å². The number of aryl methyl sites for hydroxylation is 1. The molecule has 3 aliphatic rings. The Hall–Kier alpha value is -4.17. The molecule has 11 nitrogen and oxygen atoms in total. The number of benzene rings is 2. The van der Waals surface area contributed by atoms with Gasteiger partial charge in [-0.3, -0.25) is 10.1 Å². The van der Waals surface area contributed by atoms with E-state index in [0.717, 1.165) is 102 Å². The average molecular weight is 811 g/mol. The number of hydrogen-bond acceptors (Lipinski definition) is 9. The molecule has 2 aromatic carbocycles. The molecule has 2 amide bonds. The molecule has 1 saturated carbocycles. The van der Waals surface area contributed by atoms with E-state index < -0.39 is 29.5 Å². The first kappa shape index (κ1) is 43.4. The van der Waals surface area contributed by atoms with Crippen LogP contribution in [0.25, 0.3) is 10.9 Å². The summed E-state index contributed by atoms with van der Waals surface area (Å²) in [7, 11) is 1.63. The number of carbonyl (C=O) groups is 2. The maximum Gasteiger partial charge on any atom is 0.416 e. The van der Waals surface area contributed by atoms with Crippen LogP contribution in [0.4, 0.5) is 29.5 Å². The zero-order chi connectivity index (χ0) is 41.6. The second-order valence-corrected chi connectivity index (χ2v) is 17.4. The third-order valence-corrected chi connectivity index (χ3v) is 11.9. The molecule has 1 aromatic heterocycles. The number of alkyl halides is 3. The van der Waals surface area contributed by atoms with Crippen molar-refractivity contribution in [2.45, 2.75) is 116 Å². The van der Waals surface area contributed by atoms with E-state index in [-0.39, 0.29) is 23.4 Å². The maximum absolute atomic E-state index is 14.0. The lowest BCUT2D eigenvalue weighted by molar-refractivity contribution is -0.138. The predicted octanol–water partition coefficient (Wildman–Crippen LogP) is 9.40. The zero-order valence-electron chi connectivity index (χ0n) is 34.9. The maximum atomic E-state index is 14.0. The molecule has 14 heteroatoms. The molecule has 318 valence electrons. The van der Waals surface area contributed by atoms with Gasteiger partial charge < -0.3 is 29.7 Å². The normalized spacial score (nSPS) is 20.5. The zero-order valence-corrected chi connectivity index (χ0v) is 34.9. The SMILES string of the molecule is COc1cc2nc(C)nc(N[C@H](C)c3cc(NC(=O)OC(C)(C)C)cc(C(F)(F)F)c3)c2cc1[C@H]1CC[C@H](C(=O)N2CCC(CCOCC3CCNCC3)CC2)CC1. The summed E-state index contributed by atoms with van der Waals surface area (Å²) in [4.78, 5) is 37.6. The minimum Gasteiger partial charge on any atom is -0.496 e. The number of fused-ring (bicyclic) bond motifs is 1. The molecular formula is C44H61F3N6O5. The van der Waals surface area contributed by atoms with Crippen LogP contribution in [0.3, 0.4) is 0 Å². The van der Waals surface area contributed by atoms with Gasteiger partial charge in [0.05, 0.1) is 24.2 Å². The fourth-order valence-electron chi connectivity index (χ4n) is 8.64. The third-order valence-electron chi connectivity index (χ3n) is 11.9. The Morgan fingerprint density at radius 2 is 1.64 bits per heavy atom. The number of amides is 2. The van der Waals surface area contributed by atoms with Crippen molar-refractivity contribution in [3.05, 3.63) is 52.8 Å². The molecule has 3 fully saturated rings. The highest BCUT2D eigenvalue weighted by Gasteiger charge is 2.34. The van der Waals surface area contributed by atoms with Gasteiger partial charge in [-0.05, 0) is 159 Å². The van der Waals surface area contributed by atoms with Gasteiger partial charge >= 0.3 is 12.3 Å². The number of methoxy groups -OCH3 is 1. The van der Waals surface area contributed by atoms with Crippen molar-refractivity contribution in [1.82, 2.24) is 20.2 Å². The van der Waals surface area contributed by atoms with Gasteiger partial charge in [-0.25, -0.2) is 14.8 Å². The van der Waals surface area contributed by atoms with E-state index in [1.165, 1.54) is 18.9 Å². The lowest BCUT2D eigenvalue weighted by atomic mass is 9.77. The van der Waals surface area contributed by atoms with E-state index in [0.29, 0.717) is 45.7 Å². The van der Waals surface area contributed by atoms with Crippen molar-refractivity contribution in [1.29, 1.82) is 0 Å². The van der Waals surface area contributed by atoms with Crippen LogP contribution in [-0.4, -0.2) is 79.0 Å². The molecule has 1 aliphatic carbocycles. The van der Waals surface area contributed by atoms with Crippen molar-refractivity contribution in [2.75, 3.05) is 57.1 Å². The lowest BCUT2D eigenvalue weighted by Crippen LogP contribution is -2.42. The van der Waals surface area contributed by atoms with Crippen molar-refractivity contribution < 1.29 is 37.0 Å². The first-order chi connectivity index (χ1) is 27.6. The highest BCUT2D eigenvalue weighted by Crippen LogP contribution is 2.43. The molecule has 2 saturated heterocycles. The van der Waals surface area contributed by atoms with Gasteiger partial charge in [-0.15, -0.1) is 0 Å². The Bertz CT molecular complexity index is 1880. The topological polar surface area (TPSA) is 127 Å². The largest absolute Gasteiger partial charge is 0.496 e. The number of halogens is 3. The average Bonchev–Trinajstić information content (AvgIpc) is 3.18. The number of nitrogens with one attached hydrogen (secondary N) is 3. The summed E-state index contributed by atoms with van der Waals surface area (Å²) in [6.07, 6.45) is 3.24. The number of likely N-dealkylation sites (tertiary alicyclic amines) is 1. The summed E-state index contributed by atoms with van der Waals surface area (Å²) in [5.74, 6) is 3.36. The quantitative estimate of drug-likeness (QED) is 0.153. The number of hydrogen-bond donors (Lipinski definition) is 3. The van der Waals surface area contributed by atoms with Gasteiger partial charge in [0.25, 0.3) is 0 Å². The molecular weight excluding hydrogens is 750 g/mol. The Balaban J connectivity index is 1.10. The smallest absolute Gasteiger partial charge is 0.416 e. The van der Waals surface area contributed by atoms with Gasteiger partial charge in [0.15, 0.2) is 0 Å². The molecule has 3 aromatic rings. The Morgan fingerprint density at radius 1 is 0.931 bits per heavy atom. The molecule has 58 heavy (non-hydrogen) atoms. The summed E-state index contributed by atoms with van der Waals surface area (Å²) in [5.41, 5.74) is 0.166. The van der Waals surface area contributed by atoms with Crippen molar-refractivity contribution in [2.24, 2.45) is 17.8 Å². The minimum atomic E-state index is -4.65. The second-order valence-electron chi connectivity index (χ2n) is 17.4. The summed E-state index contributed by atoms with van der Waals surface area (Å²) in [6, 6.07) is 6.73. The molecule has 2 aliphatic heterocycles. The van der Waals surface area contributed by atoms with Crippen LogP contribution in [0.2, 0.25) is 0 Å². The standard InChI is InChI=1S/C44H61F3N6O5/c1-27(33-21-34(44(45,46)47)23-35(22-33)52-42(55)58-43(3,4)5)49-40-37-24-36(39(56-6)25-38(37)50-28(2)51-40)31-7-9-32(10-8-31)41(54)53-18-13-29(14-19-53)15-20-57-26-30-11-16-48-17-12-30/h21-25,27,29-32,48H,7-20,26H2,1-6H3,(H,52,55)(H,49,50,51)/t27-,31-,32-/m1/s1. The van der Waals surface area contributed by atoms with Crippen LogP contribution in [0.15, 0.2) is 30.3 Å². The van der Waals surface area contributed by atoms with Crippen LogP contribution in [0.1, 0.15) is 120 Å². The van der Waals surface area contributed by atoms with Gasteiger partial charge in [-0.2, -0.15) is 13.2 Å². The van der Waals surface area contributed by atoms with Crippen LogP contribution < -0.4 is 20.7 Å². The number of carbonyl (C=O) groups excluding carboxylic acids is 2. The van der Waals surface area contributed by atoms with Crippen LogP contribution >= 0.6 is 0 Å². The summed E-state index contributed by atoms with van der Waals surface area (Å²) >= 11 is 0. The molecule has 0 spiro atoms. The fraction of sp³-hybridized carbons (Fsp3) is 0.636. The first-order valence-corrected chi connectivity index (χ1v) is 21.0. The third kappa shape index (κ3) is 11.5. The van der Waals surface area contributed by atoms with Crippen LogP contribution in [-0.2, 0) is 20.4 Å². The second kappa shape index (κ2) is 18.8. The number of nitrogens with zero attached hydrogens (tertiary/aromatic N) is 3. The van der Waals surface area contributed by atoms with Gasteiger partial charge in [-0.1, -0.05) is 0 Å². The van der Waals surface area contributed by atoms with Crippen molar-refractivity contribution in [3.8, 4) is 5.75 Å². The van der Waals surface area contributed by atoms with E-state index >= 15 is 0 Å². The van der Waals surface area contributed by atoms with E-state index in [2.05, 4.69) is 30.8 Å². The summed E-state index contributed by atoms with van der Waals surface area (Å²) < 4.78 is 59.4. The number of rotatable bonds is 12. The van der Waals surface area contributed by atoms with Gasteiger partial charge in [0.2, 0.25) is 5.91 Å². The van der Waals surface area contributed by atoms with Crippen molar-refractivity contribution >= 4 is 34.4 Å². The lowest BCUT2D eigenvalue weighted by Gasteiger charge is -2.36. The number of ether oxygens (including phenoxy) is 3. The number of anilines is 2. The molecule has 0 radical (unpaired) electrons. The van der Waals surface area contributed by atoms with Crippen LogP contribution in [0.5, 0.6) is 5.75 Å². The van der Waals surface area contributed by atoms with E-state index in [1.807, 2.05) is 12.1 Å². The Labute approximate surface area is 340 Å². The van der Waals surface area contributed by atoms with E-state index in [4.69, 9.17) is 14.2 Å². The Kier molecular flexibility index (Phi) is 14.1. The summed E-state index contributed by atoms with van der Waals surface area (Å²) in [6.45, 7) is 14.0. The molecule has 0 unspecified atom stereocenters. The van der Waals surface area contributed by atoms with Crippen LogP contribution in [0, 0.1) is 24.7 Å². The Morgan fingerprint density at radius 3 is 2.29 bits per heavy atom. The molecule has 3 heterocycles. The highest BCUT2D eigenvalue weighted by atomic mass is 19.4. The monoisotopic (exact) mass is 810 g/mol. The fourth-order valence-corrected chi connectivity index (χ4v) is 8.64. The van der Waals surface area contributed by atoms with E-state index in [9.17, 15) is 22.8 Å². The molecule has 3 N–H and O–H groups in total. The van der Waals surface area contributed by atoms with Gasteiger partial charge in [0.1, 0.15) is 23.0 Å². The molecule has 6 rings (SSSR count). The molecule has 1 atom stereocenters. The number of aromatic nitrogens is 2. The van der Waals surface area contributed by atoms with Gasteiger partial charge in [0, 0.05) is 49.4 Å². The highest BCUT2D eigenvalue weighted by molar-refractivity contribution is 5.91. The number of piperidine rings is 2. The minimum absolute atomic E-state index is 0.00112. The van der Waals surface area contributed by atoms with Crippen molar-refractivity contribution in [3.63, 3.8) is 0 Å². The summed E-state index contributed by atoms with van der Waals surface area (Å²) in [5, 5.41) is 9.91. The predicted molar refractivity (Wildman–Crippen MR) is 219 cm³/mol. The first-order valence-electron chi connectivity index (χ1n) is 21.0.